The summed E-state index contributed by atoms with van der Waals surface area (Å²) in [5.41, 5.74) is 8.83. The summed E-state index contributed by atoms with van der Waals surface area (Å²) in [4.78, 5) is 14.7. The lowest BCUT2D eigenvalue weighted by molar-refractivity contribution is -0.141. The largest absolute Gasteiger partial charge is 0.465 e. The third-order valence-electron chi connectivity index (χ3n) is 8.77. The number of anilines is 1. The van der Waals surface area contributed by atoms with Crippen LogP contribution in [0.2, 0.25) is 0 Å². The number of rotatable bonds is 7. The summed E-state index contributed by atoms with van der Waals surface area (Å²) in [5, 5.41) is 0. The van der Waals surface area contributed by atoms with Gasteiger partial charge in [0.05, 0.1) is 12.7 Å². The summed E-state index contributed by atoms with van der Waals surface area (Å²) < 4.78 is 16.0. The number of nitrogens with zero attached hydrogens (tertiary/aromatic N) is 1. The van der Waals surface area contributed by atoms with Gasteiger partial charge in [0.1, 0.15) is 0 Å². The van der Waals surface area contributed by atoms with Crippen LogP contribution in [-0.4, -0.2) is 46.7 Å². The number of carbonyl (C=O) groups excluding carboxylic acids is 1. The van der Waals surface area contributed by atoms with Gasteiger partial charge < -0.3 is 19.1 Å². The molecular weight excluding hydrogens is 462 g/mol. The van der Waals surface area contributed by atoms with E-state index in [0.29, 0.717) is 17.4 Å². The number of esters is 1. The van der Waals surface area contributed by atoms with Gasteiger partial charge in [0.2, 0.25) is 0 Å². The Morgan fingerprint density at radius 1 is 0.865 bits per heavy atom. The van der Waals surface area contributed by atoms with Gasteiger partial charge in [0, 0.05) is 38.9 Å². The molecule has 1 aliphatic heterocycles. The van der Waals surface area contributed by atoms with Crippen molar-refractivity contribution in [3.05, 3.63) is 70.3 Å². The van der Waals surface area contributed by atoms with E-state index >= 15 is 0 Å². The molecule has 2 aromatic carbocycles. The minimum atomic E-state index is -0.260. The smallest absolute Gasteiger partial charge is 0.337 e. The molecule has 3 aliphatic rings. The first-order valence-corrected chi connectivity index (χ1v) is 14.0. The molecule has 0 atom stereocenters. The average molecular weight is 504 g/mol. The summed E-state index contributed by atoms with van der Waals surface area (Å²) in [5.74, 6) is 0.862. The van der Waals surface area contributed by atoms with Crippen LogP contribution in [0.3, 0.4) is 0 Å². The molecular formula is C32H41NO4. The number of aryl methyl sites for hydroxylation is 1. The molecule has 5 heteroatoms. The predicted octanol–water partition coefficient (Wildman–Crippen LogP) is 6.64. The van der Waals surface area contributed by atoms with E-state index in [4.69, 9.17) is 14.2 Å². The minimum absolute atomic E-state index is 0.111. The van der Waals surface area contributed by atoms with Crippen LogP contribution in [-0.2, 0) is 20.6 Å². The highest BCUT2D eigenvalue weighted by atomic mass is 16.7. The van der Waals surface area contributed by atoms with Crippen LogP contribution in [0.5, 0.6) is 0 Å². The predicted molar refractivity (Wildman–Crippen MR) is 148 cm³/mol. The number of hydrogen-bond acceptors (Lipinski definition) is 5. The van der Waals surface area contributed by atoms with Crippen molar-refractivity contribution in [3.8, 4) is 0 Å². The topological polar surface area (TPSA) is 48.0 Å². The van der Waals surface area contributed by atoms with Crippen LogP contribution in [0.1, 0.15) is 78.4 Å². The number of allylic oxidation sites excluding steroid dienone is 1. The first-order chi connectivity index (χ1) is 18.1. The van der Waals surface area contributed by atoms with Gasteiger partial charge in [0.25, 0.3) is 0 Å². The number of hydrogen-bond donors (Lipinski definition) is 0. The molecule has 37 heavy (non-hydrogen) atoms. The maximum atomic E-state index is 12.2. The lowest BCUT2D eigenvalue weighted by Crippen LogP contribution is -2.39. The van der Waals surface area contributed by atoms with Crippen molar-refractivity contribution in [2.24, 2.45) is 11.8 Å². The summed E-state index contributed by atoms with van der Waals surface area (Å²) in [7, 11) is 4.92. The molecule has 5 rings (SSSR count). The van der Waals surface area contributed by atoms with Crippen molar-refractivity contribution in [2.45, 2.75) is 64.1 Å². The molecule has 2 aliphatic carbocycles. The monoisotopic (exact) mass is 503 g/mol. The van der Waals surface area contributed by atoms with E-state index in [-0.39, 0.29) is 12.3 Å². The molecule has 5 nitrogen and oxygen atoms in total. The Hall–Kier alpha value is -2.63. The van der Waals surface area contributed by atoms with Gasteiger partial charge in [-0.25, -0.2) is 4.79 Å². The maximum Gasteiger partial charge on any atom is 0.337 e. The highest BCUT2D eigenvalue weighted by molar-refractivity contribution is 5.92. The van der Waals surface area contributed by atoms with Crippen LogP contribution in [0.15, 0.2) is 48.0 Å². The highest BCUT2D eigenvalue weighted by Crippen LogP contribution is 2.43. The van der Waals surface area contributed by atoms with Gasteiger partial charge in [-0.1, -0.05) is 36.6 Å². The number of benzene rings is 2. The third kappa shape index (κ3) is 5.49. The van der Waals surface area contributed by atoms with Gasteiger partial charge in [-0.3, -0.25) is 0 Å². The van der Waals surface area contributed by atoms with Crippen molar-refractivity contribution in [1.82, 2.24) is 0 Å². The van der Waals surface area contributed by atoms with Crippen molar-refractivity contribution in [3.63, 3.8) is 0 Å². The van der Waals surface area contributed by atoms with Gasteiger partial charge in [-0.05, 0) is 97.4 Å². The van der Waals surface area contributed by atoms with Crippen LogP contribution in [0, 0.1) is 11.8 Å². The van der Waals surface area contributed by atoms with Crippen LogP contribution in [0.25, 0.3) is 5.57 Å². The zero-order valence-electron chi connectivity index (χ0n) is 22.6. The second kappa shape index (κ2) is 11.8. The average Bonchev–Trinajstić information content (AvgIpc) is 3.42. The highest BCUT2D eigenvalue weighted by Gasteiger charge is 2.29. The maximum absolute atomic E-state index is 12.2. The van der Waals surface area contributed by atoms with Gasteiger partial charge >= 0.3 is 5.97 Å². The Labute approximate surface area is 221 Å². The minimum Gasteiger partial charge on any atom is -0.465 e. The van der Waals surface area contributed by atoms with Crippen molar-refractivity contribution in [1.29, 1.82) is 0 Å². The van der Waals surface area contributed by atoms with Gasteiger partial charge in [-0.15, -0.1) is 0 Å². The van der Waals surface area contributed by atoms with E-state index in [9.17, 15) is 4.79 Å². The molecule has 0 amide bonds. The van der Waals surface area contributed by atoms with Crippen LogP contribution < -0.4 is 4.90 Å². The first kappa shape index (κ1) is 26.0. The Morgan fingerprint density at radius 2 is 1.57 bits per heavy atom. The lowest BCUT2D eigenvalue weighted by atomic mass is 9.84. The number of carbonyl (C=O) groups is 1. The molecule has 1 saturated carbocycles. The van der Waals surface area contributed by atoms with E-state index in [1.807, 2.05) is 6.07 Å². The zero-order chi connectivity index (χ0) is 25.8. The summed E-state index contributed by atoms with van der Waals surface area (Å²) in [6.07, 6.45) is 10.5. The molecule has 0 aromatic heterocycles. The SMILES string of the molecule is COC(=O)c1ccc2c(c1)CCCC(C1CCCC1)=C2c1ccc(N2CCC(C(OC)OC)CC2)cc1. The fourth-order valence-electron chi connectivity index (χ4n) is 6.83. The molecule has 0 spiro atoms. The van der Waals surface area contributed by atoms with E-state index in [0.717, 1.165) is 45.2 Å². The fourth-order valence-corrected chi connectivity index (χ4v) is 6.83. The number of ether oxygens (including phenoxy) is 3. The standard InChI is InChI=1S/C32H41NO4/c1-35-31(34)26-13-16-29-25(21-26)9-6-10-28(22-7-4-5-8-22)30(29)23-11-14-27(15-12-23)33-19-17-24(18-20-33)32(36-2)37-3/h11-16,21-22,24,32H,4-10,17-20H2,1-3H3. The molecule has 0 unspecified atom stereocenters. The zero-order valence-corrected chi connectivity index (χ0v) is 22.6. The molecule has 198 valence electrons. The summed E-state index contributed by atoms with van der Waals surface area (Å²) >= 11 is 0. The van der Waals surface area contributed by atoms with E-state index in [1.165, 1.54) is 60.7 Å². The molecule has 1 heterocycles. The quantitative estimate of drug-likeness (QED) is 0.313. The van der Waals surface area contributed by atoms with Crippen molar-refractivity contribution < 1.29 is 19.0 Å². The van der Waals surface area contributed by atoms with E-state index < -0.39 is 0 Å². The summed E-state index contributed by atoms with van der Waals surface area (Å²) in [6.45, 7) is 2.03. The van der Waals surface area contributed by atoms with Crippen LogP contribution in [0.4, 0.5) is 5.69 Å². The molecule has 0 bridgehead atoms. The molecule has 0 radical (unpaired) electrons. The first-order valence-electron chi connectivity index (χ1n) is 14.0. The summed E-state index contributed by atoms with van der Waals surface area (Å²) in [6, 6.07) is 15.4. The molecule has 0 N–H and O–H groups in total. The fraction of sp³-hybridized carbons (Fsp3) is 0.531. The number of piperidine rings is 1. The second-order valence-electron chi connectivity index (χ2n) is 10.8. The molecule has 2 fully saturated rings. The molecule has 2 aromatic rings. The second-order valence-corrected chi connectivity index (χ2v) is 10.8. The Kier molecular flexibility index (Phi) is 8.31. The normalized spacial score (nSPS) is 19.3. The molecule has 1 saturated heterocycles. The Morgan fingerprint density at radius 3 is 2.22 bits per heavy atom. The third-order valence-corrected chi connectivity index (χ3v) is 8.77. The number of fused-ring (bicyclic) bond motifs is 1. The van der Waals surface area contributed by atoms with Gasteiger partial charge in [-0.2, -0.15) is 0 Å². The Balaban J connectivity index is 1.45. The van der Waals surface area contributed by atoms with Crippen LogP contribution >= 0.6 is 0 Å². The van der Waals surface area contributed by atoms with E-state index in [1.54, 1.807) is 19.8 Å². The number of methoxy groups -OCH3 is 3. The Bertz CT molecular complexity index is 1100. The van der Waals surface area contributed by atoms with Gasteiger partial charge in [0.15, 0.2) is 6.29 Å². The van der Waals surface area contributed by atoms with Crippen molar-refractivity contribution >= 4 is 17.2 Å². The lowest BCUT2D eigenvalue weighted by Gasteiger charge is -2.36. The van der Waals surface area contributed by atoms with E-state index in [2.05, 4.69) is 41.3 Å². The van der Waals surface area contributed by atoms with Crippen molar-refractivity contribution in [2.75, 3.05) is 39.3 Å².